The van der Waals surface area contributed by atoms with Gasteiger partial charge >= 0.3 is 5.97 Å². The lowest BCUT2D eigenvalue weighted by Gasteiger charge is -2.17. The Morgan fingerprint density at radius 3 is 2.71 bits per heavy atom. The van der Waals surface area contributed by atoms with Crippen molar-refractivity contribution in [2.75, 3.05) is 12.9 Å². The number of benzene rings is 1. The van der Waals surface area contributed by atoms with Crippen molar-refractivity contribution in [2.45, 2.75) is 49.9 Å². The third kappa shape index (κ3) is 5.00. The predicted octanol–water partition coefficient (Wildman–Crippen LogP) is 3.19. The Bertz CT molecular complexity index is 914. The zero-order valence-corrected chi connectivity index (χ0v) is 17.0. The Morgan fingerprint density at radius 2 is 2.07 bits per heavy atom. The maximum Gasteiger partial charge on any atom is 0.344 e. The molecule has 1 heterocycles. The summed E-state index contributed by atoms with van der Waals surface area (Å²) in [5.41, 5.74) is 0.196. The molecular weight excluding hydrogens is 408 g/mol. The minimum atomic E-state index is -3.59. The minimum absolute atomic E-state index is 0.0129. The van der Waals surface area contributed by atoms with E-state index in [-0.39, 0.29) is 39.2 Å². The molecule has 0 radical (unpaired) electrons. The summed E-state index contributed by atoms with van der Waals surface area (Å²) in [5.74, 6) is -0.566. The van der Waals surface area contributed by atoms with Crippen LogP contribution in [0.15, 0.2) is 28.9 Å². The van der Waals surface area contributed by atoms with Gasteiger partial charge in [0.25, 0.3) is 0 Å². The third-order valence-electron chi connectivity index (χ3n) is 4.51. The zero-order chi connectivity index (χ0) is 20.3. The first-order chi connectivity index (χ1) is 13.3. The van der Waals surface area contributed by atoms with Gasteiger partial charge in [0.05, 0.1) is 22.1 Å². The smallest absolute Gasteiger partial charge is 0.344 e. The first-order valence-corrected chi connectivity index (χ1v) is 11.2. The molecule has 1 atom stereocenters. The average molecular weight is 429 g/mol. The Morgan fingerprint density at radius 1 is 1.29 bits per heavy atom. The Balaban J connectivity index is 1.88. The van der Waals surface area contributed by atoms with Gasteiger partial charge in [0, 0.05) is 43.8 Å². The SMILES string of the molecule is CS(=O)(=O)c1ccc(C(=O)OC2=CC(=O)CCC2)c(Cl)c1COC1CCCO1. The summed E-state index contributed by atoms with van der Waals surface area (Å²) in [6.07, 6.45) is 5.01. The largest absolute Gasteiger partial charge is 0.427 e. The van der Waals surface area contributed by atoms with Crippen molar-refractivity contribution >= 4 is 33.2 Å². The van der Waals surface area contributed by atoms with E-state index in [1.54, 1.807) is 0 Å². The maximum absolute atomic E-state index is 12.5. The van der Waals surface area contributed by atoms with E-state index in [1.165, 1.54) is 18.2 Å². The van der Waals surface area contributed by atoms with Crippen LogP contribution in [-0.4, -0.2) is 39.3 Å². The molecule has 0 bridgehead atoms. The van der Waals surface area contributed by atoms with E-state index in [0.29, 0.717) is 32.3 Å². The highest BCUT2D eigenvalue weighted by Crippen LogP contribution is 2.31. The van der Waals surface area contributed by atoms with E-state index in [2.05, 4.69) is 0 Å². The Hall–Kier alpha value is -1.74. The molecule has 152 valence electrons. The predicted molar refractivity (Wildman–Crippen MR) is 101 cm³/mol. The van der Waals surface area contributed by atoms with Crippen molar-refractivity contribution in [1.82, 2.24) is 0 Å². The summed E-state index contributed by atoms with van der Waals surface area (Å²) in [6, 6.07) is 2.62. The topological polar surface area (TPSA) is 96.0 Å². The molecule has 1 aromatic rings. The molecule has 1 aromatic carbocycles. The van der Waals surface area contributed by atoms with Crippen LogP contribution in [0, 0.1) is 0 Å². The number of sulfone groups is 1. The van der Waals surface area contributed by atoms with Crippen LogP contribution < -0.4 is 0 Å². The highest BCUT2D eigenvalue weighted by atomic mass is 35.5. The second kappa shape index (κ2) is 8.73. The Labute approximate surface area is 168 Å². The molecule has 1 fully saturated rings. The van der Waals surface area contributed by atoms with Gasteiger partial charge in [-0.1, -0.05) is 11.6 Å². The van der Waals surface area contributed by atoms with Crippen molar-refractivity contribution in [3.63, 3.8) is 0 Å². The number of carbonyl (C=O) groups excluding carboxylic acids is 2. The van der Waals surface area contributed by atoms with Crippen molar-refractivity contribution in [1.29, 1.82) is 0 Å². The number of halogens is 1. The van der Waals surface area contributed by atoms with Gasteiger partial charge in [0.15, 0.2) is 21.9 Å². The summed E-state index contributed by atoms with van der Waals surface area (Å²) in [4.78, 5) is 24.0. The number of hydrogen-bond donors (Lipinski definition) is 0. The number of carbonyl (C=O) groups is 2. The normalized spacial score (nSPS) is 20.1. The highest BCUT2D eigenvalue weighted by Gasteiger charge is 2.25. The fourth-order valence-electron chi connectivity index (χ4n) is 3.11. The van der Waals surface area contributed by atoms with Gasteiger partial charge in [0.1, 0.15) is 5.76 Å². The second-order valence-corrected chi connectivity index (χ2v) is 9.11. The fourth-order valence-corrected chi connectivity index (χ4v) is 4.39. The molecule has 9 heteroatoms. The number of esters is 1. The Kier molecular flexibility index (Phi) is 6.54. The molecule has 1 unspecified atom stereocenters. The molecule has 0 aromatic heterocycles. The number of hydrogen-bond acceptors (Lipinski definition) is 7. The number of ether oxygens (including phenoxy) is 3. The van der Waals surface area contributed by atoms with E-state index in [0.717, 1.165) is 12.7 Å². The number of rotatable bonds is 6. The van der Waals surface area contributed by atoms with Crippen LogP contribution in [0.25, 0.3) is 0 Å². The number of allylic oxidation sites excluding steroid dienone is 2. The molecule has 0 amide bonds. The van der Waals surface area contributed by atoms with E-state index in [4.69, 9.17) is 25.8 Å². The highest BCUT2D eigenvalue weighted by molar-refractivity contribution is 7.90. The molecule has 1 saturated heterocycles. The van der Waals surface area contributed by atoms with Crippen LogP contribution in [-0.2, 0) is 35.4 Å². The van der Waals surface area contributed by atoms with Crippen molar-refractivity contribution in [3.8, 4) is 0 Å². The van der Waals surface area contributed by atoms with Crippen LogP contribution in [0.2, 0.25) is 5.02 Å². The van der Waals surface area contributed by atoms with E-state index in [9.17, 15) is 18.0 Å². The standard InChI is InChI=1S/C19H21ClO7S/c1-28(23,24)16-8-7-14(19(22)27-13-5-2-4-12(21)10-13)18(20)15(16)11-26-17-6-3-9-25-17/h7-8,10,17H,2-6,9,11H2,1H3. The van der Waals surface area contributed by atoms with Gasteiger partial charge in [-0.2, -0.15) is 0 Å². The van der Waals surface area contributed by atoms with Gasteiger partial charge < -0.3 is 14.2 Å². The van der Waals surface area contributed by atoms with E-state index in [1.807, 2.05) is 0 Å². The lowest BCUT2D eigenvalue weighted by molar-refractivity contribution is -0.119. The lowest BCUT2D eigenvalue weighted by atomic mass is 10.1. The molecule has 2 aliphatic rings. The van der Waals surface area contributed by atoms with Crippen LogP contribution in [0.5, 0.6) is 0 Å². The summed E-state index contributed by atoms with van der Waals surface area (Å²) in [5, 5.41) is -0.0475. The first-order valence-electron chi connectivity index (χ1n) is 8.96. The van der Waals surface area contributed by atoms with Crippen molar-refractivity contribution < 1.29 is 32.2 Å². The molecule has 0 N–H and O–H groups in total. The minimum Gasteiger partial charge on any atom is -0.427 e. The van der Waals surface area contributed by atoms with Crippen LogP contribution in [0.4, 0.5) is 0 Å². The van der Waals surface area contributed by atoms with E-state index >= 15 is 0 Å². The molecule has 0 saturated carbocycles. The average Bonchev–Trinajstić information content (AvgIpc) is 3.13. The molecule has 3 rings (SSSR count). The molecule has 1 aliphatic carbocycles. The first kappa shape index (κ1) is 21.0. The fraction of sp³-hybridized carbons (Fsp3) is 0.474. The molecule has 28 heavy (non-hydrogen) atoms. The van der Waals surface area contributed by atoms with Crippen molar-refractivity contribution in [2.24, 2.45) is 0 Å². The van der Waals surface area contributed by atoms with E-state index < -0.39 is 22.1 Å². The zero-order valence-electron chi connectivity index (χ0n) is 15.4. The van der Waals surface area contributed by atoms with Crippen LogP contribution in [0.3, 0.4) is 0 Å². The van der Waals surface area contributed by atoms with Gasteiger partial charge in [0.2, 0.25) is 0 Å². The maximum atomic E-state index is 12.5. The molecular formula is C19H21ClO7S. The summed E-state index contributed by atoms with van der Waals surface area (Å²) in [6.45, 7) is 0.464. The van der Waals surface area contributed by atoms with Crippen LogP contribution >= 0.6 is 11.6 Å². The third-order valence-corrected chi connectivity index (χ3v) is 6.13. The molecule has 1 aliphatic heterocycles. The monoisotopic (exact) mass is 428 g/mol. The summed E-state index contributed by atoms with van der Waals surface area (Å²) < 4.78 is 40.6. The van der Waals surface area contributed by atoms with Gasteiger partial charge in [-0.15, -0.1) is 0 Å². The molecule has 0 spiro atoms. The summed E-state index contributed by atoms with van der Waals surface area (Å²) in [7, 11) is -3.59. The molecule has 7 nitrogen and oxygen atoms in total. The van der Waals surface area contributed by atoms with Gasteiger partial charge in [-0.3, -0.25) is 4.79 Å². The van der Waals surface area contributed by atoms with Crippen molar-refractivity contribution in [3.05, 3.63) is 40.1 Å². The van der Waals surface area contributed by atoms with Gasteiger partial charge in [-0.05, 0) is 25.0 Å². The second-order valence-electron chi connectivity index (χ2n) is 6.75. The number of ketones is 1. The summed E-state index contributed by atoms with van der Waals surface area (Å²) >= 11 is 6.37. The van der Waals surface area contributed by atoms with Crippen LogP contribution in [0.1, 0.15) is 48.0 Å². The lowest BCUT2D eigenvalue weighted by Crippen LogP contribution is -2.15. The quantitative estimate of drug-likeness (QED) is 0.642. The van der Waals surface area contributed by atoms with Gasteiger partial charge in [-0.25, -0.2) is 13.2 Å².